The van der Waals surface area contributed by atoms with Crippen molar-refractivity contribution in [2.45, 2.75) is 19.6 Å². The molecular formula is C14H14ClNO5. The zero-order valence-electron chi connectivity index (χ0n) is 11.7. The van der Waals surface area contributed by atoms with Crippen LogP contribution < -0.4 is 10.1 Å². The Morgan fingerprint density at radius 1 is 1.24 bits per heavy atom. The Balaban J connectivity index is 2.24. The summed E-state index contributed by atoms with van der Waals surface area (Å²) >= 11 is 5.98. The van der Waals surface area contributed by atoms with Crippen molar-refractivity contribution in [3.63, 3.8) is 0 Å². The second kappa shape index (κ2) is 5.65. The molecule has 1 aromatic rings. The first-order valence-electron chi connectivity index (χ1n) is 6.10. The maximum absolute atomic E-state index is 11.8. The quantitative estimate of drug-likeness (QED) is 0.525. The van der Waals surface area contributed by atoms with Gasteiger partial charge in [-0.2, -0.15) is 0 Å². The van der Waals surface area contributed by atoms with Gasteiger partial charge in [-0.1, -0.05) is 17.7 Å². The van der Waals surface area contributed by atoms with Gasteiger partial charge >= 0.3 is 11.9 Å². The van der Waals surface area contributed by atoms with Crippen LogP contribution in [0, 0.1) is 0 Å². The lowest BCUT2D eigenvalue weighted by atomic mass is 10.2. The number of esters is 2. The highest BCUT2D eigenvalue weighted by Crippen LogP contribution is 2.32. The van der Waals surface area contributed by atoms with Gasteiger partial charge < -0.3 is 19.5 Å². The van der Waals surface area contributed by atoms with Crippen molar-refractivity contribution < 1.29 is 23.8 Å². The van der Waals surface area contributed by atoms with Crippen LogP contribution >= 0.6 is 11.6 Å². The van der Waals surface area contributed by atoms with Crippen molar-refractivity contribution in [3.05, 3.63) is 35.0 Å². The number of hydrogen-bond donors (Lipinski definition) is 1. The summed E-state index contributed by atoms with van der Waals surface area (Å²) in [4.78, 5) is 23.5. The second-order valence-corrected chi connectivity index (χ2v) is 5.11. The highest BCUT2D eigenvalue weighted by molar-refractivity contribution is 6.32. The lowest BCUT2D eigenvalue weighted by molar-refractivity contribution is -0.222. The SMILES string of the molecule is COc1c(Cl)cccc1NC=C1C(=O)OC(C)(C)OC1=O. The molecule has 0 spiro atoms. The van der Waals surface area contributed by atoms with Crippen LogP contribution in [0.15, 0.2) is 30.0 Å². The summed E-state index contributed by atoms with van der Waals surface area (Å²) in [7, 11) is 1.46. The van der Waals surface area contributed by atoms with E-state index in [0.29, 0.717) is 16.5 Å². The second-order valence-electron chi connectivity index (χ2n) is 4.70. The number of methoxy groups -OCH3 is 1. The third kappa shape index (κ3) is 3.28. The topological polar surface area (TPSA) is 73.9 Å². The molecule has 1 aromatic carbocycles. The van der Waals surface area contributed by atoms with Gasteiger partial charge in [-0.25, -0.2) is 9.59 Å². The third-order valence-electron chi connectivity index (χ3n) is 2.66. The summed E-state index contributed by atoms with van der Waals surface area (Å²) < 4.78 is 15.1. The van der Waals surface area contributed by atoms with Crippen LogP contribution in [0.4, 0.5) is 5.69 Å². The number of ether oxygens (including phenoxy) is 3. The van der Waals surface area contributed by atoms with Crippen molar-refractivity contribution in [2.75, 3.05) is 12.4 Å². The van der Waals surface area contributed by atoms with Gasteiger partial charge in [0.25, 0.3) is 5.79 Å². The van der Waals surface area contributed by atoms with Crippen molar-refractivity contribution >= 4 is 29.2 Å². The van der Waals surface area contributed by atoms with E-state index in [9.17, 15) is 9.59 Å². The molecule has 0 atom stereocenters. The summed E-state index contributed by atoms with van der Waals surface area (Å²) in [5.74, 6) is -2.39. The summed E-state index contributed by atoms with van der Waals surface area (Å²) in [6, 6.07) is 5.04. The van der Waals surface area contributed by atoms with Crippen LogP contribution in [-0.4, -0.2) is 24.8 Å². The summed E-state index contributed by atoms with van der Waals surface area (Å²) in [6.45, 7) is 2.96. The van der Waals surface area contributed by atoms with Crippen LogP contribution in [0.5, 0.6) is 5.75 Å². The first kappa shape index (κ1) is 15.2. The molecule has 0 radical (unpaired) electrons. The smallest absolute Gasteiger partial charge is 0.350 e. The zero-order chi connectivity index (χ0) is 15.6. The van der Waals surface area contributed by atoms with E-state index in [1.807, 2.05) is 0 Å². The number of anilines is 1. The number of benzene rings is 1. The van der Waals surface area contributed by atoms with Crippen LogP contribution in [0.25, 0.3) is 0 Å². The van der Waals surface area contributed by atoms with E-state index in [1.54, 1.807) is 18.2 Å². The van der Waals surface area contributed by atoms with E-state index in [4.69, 9.17) is 25.8 Å². The Morgan fingerprint density at radius 2 is 1.86 bits per heavy atom. The molecule has 1 N–H and O–H groups in total. The largest absolute Gasteiger partial charge is 0.493 e. The molecule has 6 nitrogen and oxygen atoms in total. The highest BCUT2D eigenvalue weighted by atomic mass is 35.5. The lowest BCUT2D eigenvalue weighted by Gasteiger charge is -2.29. The molecule has 1 saturated heterocycles. The maximum atomic E-state index is 11.8. The van der Waals surface area contributed by atoms with Crippen molar-refractivity contribution in [3.8, 4) is 5.75 Å². The Kier molecular flexibility index (Phi) is 4.09. The third-order valence-corrected chi connectivity index (χ3v) is 2.96. The van der Waals surface area contributed by atoms with Crippen LogP contribution in [0.2, 0.25) is 5.02 Å². The van der Waals surface area contributed by atoms with Gasteiger partial charge in [0.1, 0.15) is 0 Å². The summed E-state index contributed by atoms with van der Waals surface area (Å²) in [6.07, 6.45) is 1.20. The van der Waals surface area contributed by atoms with E-state index in [1.165, 1.54) is 27.2 Å². The number of halogens is 1. The van der Waals surface area contributed by atoms with Crippen molar-refractivity contribution in [2.24, 2.45) is 0 Å². The fourth-order valence-electron chi connectivity index (χ4n) is 1.76. The molecule has 112 valence electrons. The number of carbonyl (C=O) groups excluding carboxylic acids is 2. The molecule has 0 aromatic heterocycles. The number of nitrogens with one attached hydrogen (secondary N) is 1. The van der Waals surface area contributed by atoms with E-state index in [0.717, 1.165) is 0 Å². The molecule has 1 aliphatic heterocycles. The molecule has 7 heteroatoms. The van der Waals surface area contributed by atoms with Gasteiger partial charge in [0.05, 0.1) is 17.8 Å². The Bertz CT molecular complexity index is 602. The van der Waals surface area contributed by atoms with Gasteiger partial charge in [-0.05, 0) is 12.1 Å². The first-order valence-corrected chi connectivity index (χ1v) is 6.48. The fraction of sp³-hybridized carbons (Fsp3) is 0.286. The first-order chi connectivity index (χ1) is 9.84. The normalized spacial score (nSPS) is 16.9. The average Bonchev–Trinajstić information content (AvgIpc) is 2.36. The highest BCUT2D eigenvalue weighted by Gasteiger charge is 2.38. The van der Waals surface area contributed by atoms with E-state index in [2.05, 4.69) is 5.32 Å². The van der Waals surface area contributed by atoms with Gasteiger partial charge in [0.2, 0.25) is 0 Å². The predicted molar refractivity (Wildman–Crippen MR) is 76.0 cm³/mol. The Morgan fingerprint density at radius 3 is 2.43 bits per heavy atom. The number of hydrogen-bond acceptors (Lipinski definition) is 6. The summed E-state index contributed by atoms with van der Waals surface area (Å²) in [5.41, 5.74) is 0.263. The number of rotatable bonds is 3. The molecule has 0 amide bonds. The molecule has 0 saturated carbocycles. The molecule has 0 unspecified atom stereocenters. The number of cyclic esters (lactones) is 2. The molecule has 1 fully saturated rings. The van der Waals surface area contributed by atoms with E-state index >= 15 is 0 Å². The van der Waals surface area contributed by atoms with E-state index < -0.39 is 17.7 Å². The van der Waals surface area contributed by atoms with Gasteiger partial charge in [0, 0.05) is 20.0 Å². The molecular weight excluding hydrogens is 298 g/mol. The van der Waals surface area contributed by atoms with Crippen LogP contribution in [0.1, 0.15) is 13.8 Å². The zero-order valence-corrected chi connectivity index (χ0v) is 12.5. The average molecular weight is 312 g/mol. The van der Waals surface area contributed by atoms with Crippen molar-refractivity contribution in [1.29, 1.82) is 0 Å². The van der Waals surface area contributed by atoms with Crippen molar-refractivity contribution in [1.82, 2.24) is 0 Å². The van der Waals surface area contributed by atoms with Crippen LogP contribution in [0.3, 0.4) is 0 Å². The number of para-hydroxylation sites is 1. The lowest BCUT2D eigenvalue weighted by Crippen LogP contribution is -2.42. The van der Waals surface area contributed by atoms with E-state index in [-0.39, 0.29) is 5.57 Å². The van der Waals surface area contributed by atoms with Gasteiger partial charge in [-0.3, -0.25) is 0 Å². The van der Waals surface area contributed by atoms with Gasteiger partial charge in [0.15, 0.2) is 11.3 Å². The molecule has 0 bridgehead atoms. The van der Waals surface area contributed by atoms with Gasteiger partial charge in [-0.15, -0.1) is 0 Å². The number of carbonyl (C=O) groups is 2. The maximum Gasteiger partial charge on any atom is 0.350 e. The fourth-order valence-corrected chi connectivity index (χ4v) is 2.01. The standard InChI is InChI=1S/C14H14ClNO5/c1-14(2)20-12(17)8(13(18)21-14)7-16-10-6-4-5-9(15)11(10)19-3/h4-7,16H,1-3H3. The minimum absolute atomic E-state index is 0.239. The molecule has 21 heavy (non-hydrogen) atoms. The molecule has 1 heterocycles. The monoisotopic (exact) mass is 311 g/mol. The minimum Gasteiger partial charge on any atom is -0.493 e. The summed E-state index contributed by atoms with van der Waals surface area (Å²) in [5, 5.41) is 3.19. The molecule has 0 aliphatic carbocycles. The predicted octanol–water partition coefficient (Wildman–Crippen LogP) is 2.48. The molecule has 1 aliphatic rings. The Labute approximate surface area is 126 Å². The molecule has 2 rings (SSSR count). The van der Waals surface area contributed by atoms with Crippen LogP contribution in [-0.2, 0) is 19.1 Å². The Hall–Kier alpha value is -2.21. The minimum atomic E-state index is -1.26.